The van der Waals surface area contributed by atoms with Crippen LogP contribution in [0.5, 0.6) is 0 Å². The normalized spacial score (nSPS) is 23.0. The standard InChI is InChI=1S/C19H36N6O6S/c1-2-3-13-32(29,30)25-19(17(27)28,24-16(26)14-15-7-12-23-31-15)8-4-5-9-20-18-21-10-6-11-22-18/h10,15,18,20,22-23,25H,2-9,11-14H2,1H3,(H,24,26)(H,27,28). The molecule has 1 fully saturated rings. The lowest BCUT2D eigenvalue weighted by Crippen LogP contribution is -2.66. The number of carbonyl (C=O) groups is 2. The predicted octanol–water partition coefficient (Wildman–Crippen LogP) is -0.606. The van der Waals surface area contributed by atoms with Gasteiger partial charge in [-0.05, 0) is 45.1 Å². The lowest BCUT2D eigenvalue weighted by molar-refractivity contribution is -0.149. The monoisotopic (exact) mass is 476 g/mol. The van der Waals surface area contributed by atoms with E-state index in [1.807, 2.05) is 13.1 Å². The first kappa shape index (κ1) is 26.6. The number of amides is 1. The summed E-state index contributed by atoms with van der Waals surface area (Å²) in [4.78, 5) is 34.3. The number of hydroxylamine groups is 1. The van der Waals surface area contributed by atoms with E-state index >= 15 is 0 Å². The van der Waals surface area contributed by atoms with Gasteiger partial charge >= 0.3 is 5.97 Å². The van der Waals surface area contributed by atoms with Crippen molar-refractivity contribution in [3.8, 4) is 0 Å². The Morgan fingerprint density at radius 1 is 1.28 bits per heavy atom. The second-order valence-corrected chi connectivity index (χ2v) is 9.89. The largest absolute Gasteiger partial charge is 0.478 e. The van der Waals surface area contributed by atoms with Crippen molar-refractivity contribution in [1.82, 2.24) is 26.2 Å². The van der Waals surface area contributed by atoms with Crippen molar-refractivity contribution in [2.24, 2.45) is 4.99 Å². The second kappa shape index (κ2) is 13.2. The third kappa shape index (κ3) is 9.08. The third-order valence-corrected chi connectivity index (χ3v) is 6.71. The van der Waals surface area contributed by atoms with E-state index in [-0.39, 0.29) is 31.0 Å². The zero-order valence-corrected chi connectivity index (χ0v) is 19.4. The molecule has 0 radical (unpaired) electrons. The molecule has 0 aromatic carbocycles. The molecule has 3 unspecified atom stereocenters. The van der Waals surface area contributed by atoms with Crippen molar-refractivity contribution in [1.29, 1.82) is 0 Å². The van der Waals surface area contributed by atoms with Crippen LogP contribution in [0.1, 0.15) is 58.3 Å². The number of unbranched alkanes of at least 4 members (excludes halogenated alkanes) is 2. The molecule has 0 bridgehead atoms. The van der Waals surface area contributed by atoms with Crippen LogP contribution in [0.15, 0.2) is 4.99 Å². The summed E-state index contributed by atoms with van der Waals surface area (Å²) in [5.74, 6) is -2.24. The van der Waals surface area contributed by atoms with Crippen LogP contribution in [-0.4, -0.2) is 75.1 Å². The molecule has 1 saturated heterocycles. The SMILES string of the molecule is CCCCS(=O)(=O)NC(CCCCNC1N=CCCN1)(NC(=O)CC1CCNO1)C(=O)O. The fourth-order valence-electron chi connectivity index (χ4n) is 3.49. The number of rotatable bonds is 15. The minimum atomic E-state index is -3.91. The van der Waals surface area contributed by atoms with Crippen molar-refractivity contribution in [2.45, 2.75) is 76.3 Å². The Balaban J connectivity index is 2.00. The summed E-state index contributed by atoms with van der Waals surface area (Å²) in [7, 11) is -3.91. The summed E-state index contributed by atoms with van der Waals surface area (Å²) in [5.41, 5.74) is 0.556. The summed E-state index contributed by atoms with van der Waals surface area (Å²) in [5, 5.41) is 18.8. The van der Waals surface area contributed by atoms with Crippen LogP contribution in [-0.2, 0) is 24.4 Å². The van der Waals surface area contributed by atoms with E-state index in [0.717, 1.165) is 13.0 Å². The quantitative estimate of drug-likeness (QED) is 0.133. The summed E-state index contributed by atoms with van der Waals surface area (Å²) in [6.07, 6.45) is 4.58. The molecule has 2 aliphatic heterocycles. The fraction of sp³-hybridized carbons (Fsp3) is 0.842. The number of hydrogen-bond acceptors (Lipinski definition) is 9. The first-order chi connectivity index (χ1) is 15.3. The molecule has 0 saturated carbocycles. The van der Waals surface area contributed by atoms with Crippen molar-refractivity contribution in [2.75, 3.05) is 25.4 Å². The highest BCUT2D eigenvalue weighted by Gasteiger charge is 2.43. The van der Waals surface area contributed by atoms with Gasteiger partial charge in [0.1, 0.15) is 0 Å². The van der Waals surface area contributed by atoms with Gasteiger partial charge in [-0.2, -0.15) is 4.72 Å². The average Bonchev–Trinajstić information content (AvgIpc) is 3.25. The van der Waals surface area contributed by atoms with Crippen molar-refractivity contribution in [3.63, 3.8) is 0 Å². The zero-order valence-electron chi connectivity index (χ0n) is 18.6. The molecule has 1 amide bonds. The van der Waals surface area contributed by atoms with Crippen LogP contribution in [0, 0.1) is 0 Å². The number of hydrogen-bond donors (Lipinski definition) is 6. The Labute approximate surface area is 189 Å². The summed E-state index contributed by atoms with van der Waals surface area (Å²) >= 11 is 0. The van der Waals surface area contributed by atoms with Crippen molar-refractivity contribution < 1.29 is 28.0 Å². The Kier molecular flexibility index (Phi) is 10.9. The van der Waals surface area contributed by atoms with Gasteiger partial charge in [0, 0.05) is 19.3 Å². The summed E-state index contributed by atoms with van der Waals surface area (Å²) in [6, 6.07) is 0. The predicted molar refractivity (Wildman–Crippen MR) is 119 cm³/mol. The number of sulfonamides is 1. The maximum Gasteiger partial charge on any atom is 0.345 e. The smallest absolute Gasteiger partial charge is 0.345 e. The zero-order chi connectivity index (χ0) is 23.5. The van der Waals surface area contributed by atoms with Gasteiger partial charge in [-0.3, -0.25) is 25.3 Å². The molecule has 13 heteroatoms. The third-order valence-electron chi connectivity index (χ3n) is 5.23. The van der Waals surface area contributed by atoms with Crippen LogP contribution >= 0.6 is 0 Å². The molecule has 184 valence electrons. The van der Waals surface area contributed by atoms with E-state index in [1.54, 1.807) is 0 Å². The number of nitrogens with zero attached hydrogens (tertiary/aromatic N) is 1. The minimum absolute atomic E-state index is 0.0639. The Morgan fingerprint density at radius 2 is 2.09 bits per heavy atom. The van der Waals surface area contributed by atoms with E-state index in [9.17, 15) is 23.1 Å². The molecule has 2 rings (SSSR count). The highest BCUT2D eigenvalue weighted by atomic mass is 32.2. The minimum Gasteiger partial charge on any atom is -0.478 e. The number of carbonyl (C=O) groups excluding carboxylic acids is 1. The molecule has 0 aromatic rings. The average molecular weight is 477 g/mol. The van der Waals surface area contributed by atoms with Gasteiger partial charge in [0.25, 0.3) is 0 Å². The van der Waals surface area contributed by atoms with Gasteiger partial charge in [0.15, 0.2) is 6.29 Å². The van der Waals surface area contributed by atoms with Gasteiger partial charge in [-0.15, -0.1) is 0 Å². The van der Waals surface area contributed by atoms with Gasteiger partial charge in [-0.25, -0.2) is 18.7 Å². The lowest BCUT2D eigenvalue weighted by Gasteiger charge is -2.31. The van der Waals surface area contributed by atoms with E-state index in [4.69, 9.17) is 4.84 Å². The highest BCUT2D eigenvalue weighted by molar-refractivity contribution is 7.89. The number of carboxylic acid groups (broad SMARTS) is 1. The lowest BCUT2D eigenvalue weighted by atomic mass is 10.0. The van der Waals surface area contributed by atoms with Gasteiger partial charge in [-0.1, -0.05) is 13.3 Å². The van der Waals surface area contributed by atoms with Crippen LogP contribution in [0.25, 0.3) is 0 Å². The Bertz CT molecular complexity index is 743. The maximum absolute atomic E-state index is 12.6. The number of aliphatic imine (C=N–C) groups is 1. The number of aliphatic carboxylic acids is 1. The fourth-order valence-corrected chi connectivity index (χ4v) is 5.03. The molecule has 2 aliphatic rings. The van der Waals surface area contributed by atoms with Crippen LogP contribution in [0.4, 0.5) is 0 Å². The van der Waals surface area contributed by atoms with Gasteiger partial charge in [0.2, 0.25) is 21.6 Å². The second-order valence-electron chi connectivity index (χ2n) is 8.05. The molecule has 2 heterocycles. The van der Waals surface area contributed by atoms with E-state index in [1.165, 1.54) is 0 Å². The van der Waals surface area contributed by atoms with Crippen molar-refractivity contribution >= 4 is 28.1 Å². The Hall–Kier alpha value is -1.64. The number of nitrogens with one attached hydrogen (secondary N) is 5. The molecular weight excluding hydrogens is 440 g/mol. The summed E-state index contributed by atoms with van der Waals surface area (Å²) in [6.45, 7) is 3.83. The summed E-state index contributed by atoms with van der Waals surface area (Å²) < 4.78 is 27.3. The van der Waals surface area contributed by atoms with Crippen LogP contribution in [0.3, 0.4) is 0 Å². The molecule has 6 N–H and O–H groups in total. The van der Waals surface area contributed by atoms with Crippen molar-refractivity contribution in [3.05, 3.63) is 0 Å². The molecule has 32 heavy (non-hydrogen) atoms. The van der Waals surface area contributed by atoms with Crippen LogP contribution < -0.4 is 26.2 Å². The molecule has 12 nitrogen and oxygen atoms in total. The molecule has 3 atom stereocenters. The van der Waals surface area contributed by atoms with E-state index < -0.39 is 27.6 Å². The molecular formula is C19H36N6O6S. The molecule has 0 spiro atoms. The molecule has 0 aromatic heterocycles. The molecule has 0 aliphatic carbocycles. The Morgan fingerprint density at radius 3 is 2.72 bits per heavy atom. The maximum atomic E-state index is 12.6. The van der Waals surface area contributed by atoms with Crippen LogP contribution in [0.2, 0.25) is 0 Å². The first-order valence-electron chi connectivity index (χ1n) is 11.2. The first-order valence-corrected chi connectivity index (χ1v) is 12.8. The van der Waals surface area contributed by atoms with Gasteiger partial charge in [0.05, 0.1) is 18.3 Å². The topological polar surface area (TPSA) is 170 Å². The van der Waals surface area contributed by atoms with E-state index in [2.05, 4.69) is 31.1 Å². The number of carboxylic acids is 1. The van der Waals surface area contributed by atoms with E-state index in [0.29, 0.717) is 45.2 Å². The highest BCUT2D eigenvalue weighted by Crippen LogP contribution is 2.17. The van der Waals surface area contributed by atoms with Gasteiger partial charge < -0.3 is 10.4 Å².